The Morgan fingerprint density at radius 1 is 1.33 bits per heavy atom. The lowest BCUT2D eigenvalue weighted by molar-refractivity contribution is 0.00368. The summed E-state index contributed by atoms with van der Waals surface area (Å²) in [6, 6.07) is 0.158. The Labute approximate surface area is 148 Å². The van der Waals surface area contributed by atoms with Crippen molar-refractivity contribution in [3.05, 3.63) is 23.2 Å². The summed E-state index contributed by atoms with van der Waals surface area (Å²) in [7, 11) is 0. The van der Waals surface area contributed by atoms with E-state index in [9.17, 15) is 4.79 Å². The summed E-state index contributed by atoms with van der Waals surface area (Å²) in [5, 5.41) is 0.366. The molecule has 6 nitrogen and oxygen atoms in total. The molecule has 1 aromatic rings. The van der Waals surface area contributed by atoms with Gasteiger partial charge < -0.3 is 14.4 Å². The summed E-state index contributed by atoms with van der Waals surface area (Å²) in [6.45, 7) is 7.27. The SMILES string of the molecule is CC(C)(C)OC(=O)N1CCCCC1CCOCc1nccnc1Cl. The van der Waals surface area contributed by atoms with Crippen LogP contribution in [0.1, 0.15) is 52.1 Å². The molecule has 1 saturated heterocycles. The van der Waals surface area contributed by atoms with E-state index < -0.39 is 5.60 Å². The molecule has 0 saturated carbocycles. The first-order chi connectivity index (χ1) is 11.4. The minimum Gasteiger partial charge on any atom is -0.444 e. The van der Waals surface area contributed by atoms with Crippen LogP contribution in [0.15, 0.2) is 12.4 Å². The van der Waals surface area contributed by atoms with E-state index in [-0.39, 0.29) is 12.1 Å². The molecular formula is C17H26ClN3O3. The van der Waals surface area contributed by atoms with Gasteiger partial charge in [-0.25, -0.2) is 9.78 Å². The number of carbonyl (C=O) groups is 1. The molecule has 1 aliphatic heterocycles. The number of aromatic nitrogens is 2. The minimum absolute atomic E-state index is 0.158. The number of rotatable bonds is 5. The zero-order valence-corrected chi connectivity index (χ0v) is 15.4. The summed E-state index contributed by atoms with van der Waals surface area (Å²) in [4.78, 5) is 22.3. The average Bonchev–Trinajstić information content (AvgIpc) is 2.52. The summed E-state index contributed by atoms with van der Waals surface area (Å²) in [6.07, 6.45) is 6.81. The quantitative estimate of drug-likeness (QED) is 0.751. The molecule has 1 fully saturated rings. The molecule has 1 atom stereocenters. The van der Waals surface area contributed by atoms with Gasteiger partial charge in [-0.3, -0.25) is 4.98 Å². The van der Waals surface area contributed by atoms with Crippen molar-refractivity contribution < 1.29 is 14.3 Å². The van der Waals surface area contributed by atoms with Gasteiger partial charge in [-0.05, 0) is 46.5 Å². The lowest BCUT2D eigenvalue weighted by atomic mass is 10.0. The highest BCUT2D eigenvalue weighted by Gasteiger charge is 2.30. The molecule has 1 unspecified atom stereocenters. The highest BCUT2D eigenvalue weighted by Crippen LogP contribution is 2.22. The maximum Gasteiger partial charge on any atom is 0.410 e. The number of carbonyl (C=O) groups excluding carboxylic acids is 1. The standard InChI is InChI=1S/C17H26ClN3O3/c1-17(2,3)24-16(22)21-10-5-4-6-13(21)7-11-23-12-14-15(18)20-9-8-19-14/h8-9,13H,4-7,10-12H2,1-3H3. The average molecular weight is 356 g/mol. The summed E-state index contributed by atoms with van der Waals surface area (Å²) in [5.74, 6) is 0. The maximum absolute atomic E-state index is 12.4. The van der Waals surface area contributed by atoms with Crippen molar-refractivity contribution in [3.8, 4) is 0 Å². The van der Waals surface area contributed by atoms with Crippen LogP contribution in [-0.2, 0) is 16.1 Å². The number of halogens is 1. The fourth-order valence-electron chi connectivity index (χ4n) is 2.70. The molecule has 1 aromatic heterocycles. The van der Waals surface area contributed by atoms with Crippen molar-refractivity contribution in [1.29, 1.82) is 0 Å². The van der Waals surface area contributed by atoms with Gasteiger partial charge in [-0.1, -0.05) is 11.6 Å². The lowest BCUT2D eigenvalue weighted by Gasteiger charge is -2.36. The van der Waals surface area contributed by atoms with Crippen LogP contribution >= 0.6 is 11.6 Å². The van der Waals surface area contributed by atoms with Crippen LogP contribution in [-0.4, -0.2) is 45.8 Å². The molecule has 2 heterocycles. The molecule has 0 radical (unpaired) electrons. The van der Waals surface area contributed by atoms with E-state index in [4.69, 9.17) is 21.1 Å². The van der Waals surface area contributed by atoms with Crippen molar-refractivity contribution in [1.82, 2.24) is 14.9 Å². The second-order valence-corrected chi connectivity index (χ2v) is 7.32. The molecule has 24 heavy (non-hydrogen) atoms. The van der Waals surface area contributed by atoms with Crippen molar-refractivity contribution >= 4 is 17.7 Å². The number of likely N-dealkylation sites (tertiary alicyclic amines) is 1. The van der Waals surface area contributed by atoms with E-state index >= 15 is 0 Å². The fourth-order valence-corrected chi connectivity index (χ4v) is 2.86. The van der Waals surface area contributed by atoms with Gasteiger partial charge in [0, 0.05) is 31.6 Å². The first kappa shape index (κ1) is 18.9. The molecule has 0 aliphatic carbocycles. The third kappa shape index (κ3) is 5.91. The number of hydrogen-bond acceptors (Lipinski definition) is 5. The van der Waals surface area contributed by atoms with Gasteiger partial charge in [0.05, 0.1) is 6.61 Å². The topological polar surface area (TPSA) is 64.5 Å². The normalized spacial score (nSPS) is 18.5. The highest BCUT2D eigenvalue weighted by atomic mass is 35.5. The van der Waals surface area contributed by atoms with Crippen LogP contribution in [0, 0.1) is 0 Å². The molecule has 1 amide bonds. The van der Waals surface area contributed by atoms with Crippen molar-refractivity contribution in [2.24, 2.45) is 0 Å². The first-order valence-electron chi connectivity index (χ1n) is 8.39. The van der Waals surface area contributed by atoms with E-state index in [2.05, 4.69) is 9.97 Å². The predicted octanol–water partition coefficient (Wildman–Crippen LogP) is 3.83. The summed E-state index contributed by atoms with van der Waals surface area (Å²) < 4.78 is 11.2. The number of piperidine rings is 1. The number of amides is 1. The van der Waals surface area contributed by atoms with Crippen LogP contribution < -0.4 is 0 Å². The predicted molar refractivity (Wildman–Crippen MR) is 91.9 cm³/mol. The van der Waals surface area contributed by atoms with E-state index in [1.54, 1.807) is 12.4 Å². The zero-order valence-electron chi connectivity index (χ0n) is 14.6. The van der Waals surface area contributed by atoms with Crippen LogP contribution in [0.4, 0.5) is 4.79 Å². The third-order valence-corrected chi connectivity index (χ3v) is 4.13. The van der Waals surface area contributed by atoms with Gasteiger partial charge in [-0.2, -0.15) is 0 Å². The molecule has 0 spiro atoms. The van der Waals surface area contributed by atoms with Crippen LogP contribution in [0.25, 0.3) is 0 Å². The van der Waals surface area contributed by atoms with Crippen molar-refractivity contribution in [2.75, 3.05) is 13.2 Å². The van der Waals surface area contributed by atoms with Gasteiger partial charge >= 0.3 is 6.09 Å². The smallest absolute Gasteiger partial charge is 0.410 e. The van der Waals surface area contributed by atoms with Gasteiger partial charge in [0.2, 0.25) is 0 Å². The van der Waals surface area contributed by atoms with Gasteiger partial charge in [0.1, 0.15) is 11.3 Å². The zero-order chi connectivity index (χ0) is 17.6. The Kier molecular flexibility index (Phi) is 6.80. The Morgan fingerprint density at radius 2 is 2.08 bits per heavy atom. The van der Waals surface area contributed by atoms with Crippen molar-refractivity contribution in [2.45, 2.75) is 64.7 Å². The minimum atomic E-state index is -0.474. The van der Waals surface area contributed by atoms with E-state index in [0.29, 0.717) is 24.1 Å². The van der Waals surface area contributed by atoms with E-state index in [1.807, 2.05) is 25.7 Å². The van der Waals surface area contributed by atoms with Gasteiger partial charge in [0.25, 0.3) is 0 Å². The lowest BCUT2D eigenvalue weighted by Crippen LogP contribution is -2.46. The molecule has 0 aromatic carbocycles. The molecular weight excluding hydrogens is 330 g/mol. The monoisotopic (exact) mass is 355 g/mol. The number of hydrogen-bond donors (Lipinski definition) is 0. The Morgan fingerprint density at radius 3 is 2.79 bits per heavy atom. The van der Waals surface area contributed by atoms with Crippen LogP contribution in [0.5, 0.6) is 0 Å². The summed E-state index contributed by atoms with van der Waals surface area (Å²) >= 11 is 5.96. The first-order valence-corrected chi connectivity index (χ1v) is 8.77. The number of ether oxygens (including phenoxy) is 2. The van der Waals surface area contributed by atoms with E-state index in [1.165, 1.54) is 0 Å². The Bertz CT molecular complexity index is 548. The number of nitrogens with zero attached hydrogens (tertiary/aromatic N) is 3. The van der Waals surface area contributed by atoms with Crippen molar-refractivity contribution in [3.63, 3.8) is 0 Å². The van der Waals surface area contributed by atoms with Crippen LogP contribution in [0.2, 0.25) is 5.15 Å². The third-order valence-electron chi connectivity index (χ3n) is 3.81. The molecule has 0 bridgehead atoms. The van der Waals surface area contributed by atoms with Gasteiger partial charge in [-0.15, -0.1) is 0 Å². The molecule has 134 valence electrons. The summed E-state index contributed by atoms with van der Waals surface area (Å²) in [5.41, 5.74) is 0.157. The second kappa shape index (κ2) is 8.62. The second-order valence-electron chi connectivity index (χ2n) is 6.96. The highest BCUT2D eigenvalue weighted by molar-refractivity contribution is 6.29. The molecule has 1 aliphatic rings. The van der Waals surface area contributed by atoms with Gasteiger partial charge in [0.15, 0.2) is 5.15 Å². The maximum atomic E-state index is 12.4. The molecule has 7 heteroatoms. The molecule has 0 N–H and O–H groups in total. The van der Waals surface area contributed by atoms with E-state index in [0.717, 1.165) is 32.2 Å². The molecule has 2 rings (SSSR count). The Balaban J connectivity index is 1.81. The van der Waals surface area contributed by atoms with Crippen LogP contribution in [0.3, 0.4) is 0 Å². The largest absolute Gasteiger partial charge is 0.444 e. The fraction of sp³-hybridized carbons (Fsp3) is 0.706. The Hall–Kier alpha value is -1.40.